The van der Waals surface area contributed by atoms with E-state index in [1.165, 1.54) is 0 Å². The molecule has 3 heterocycles. The second-order valence-electron chi connectivity index (χ2n) is 4.67. The summed E-state index contributed by atoms with van der Waals surface area (Å²) in [6.07, 6.45) is 4.16. The smallest absolute Gasteiger partial charge is 0.261 e. The van der Waals surface area contributed by atoms with Crippen molar-refractivity contribution in [3.05, 3.63) is 30.0 Å². The van der Waals surface area contributed by atoms with Crippen LogP contribution in [0.3, 0.4) is 0 Å². The van der Waals surface area contributed by atoms with Crippen molar-refractivity contribution in [3.8, 4) is 11.5 Å². The molecule has 7 heteroatoms. The van der Waals surface area contributed by atoms with Crippen LogP contribution >= 0.6 is 0 Å². The van der Waals surface area contributed by atoms with E-state index in [2.05, 4.69) is 20.3 Å². The molecule has 0 bridgehead atoms. The van der Waals surface area contributed by atoms with Crippen molar-refractivity contribution in [1.29, 1.82) is 0 Å². The molecule has 0 saturated heterocycles. The summed E-state index contributed by atoms with van der Waals surface area (Å²) in [6, 6.07) is 3.79. The van der Waals surface area contributed by atoms with Gasteiger partial charge in [-0.2, -0.15) is 4.98 Å². The molecule has 0 aromatic carbocycles. The van der Waals surface area contributed by atoms with E-state index in [1.54, 1.807) is 0 Å². The zero-order valence-electron chi connectivity index (χ0n) is 10.2. The molecule has 7 nitrogen and oxygen atoms in total. The first-order valence-corrected chi connectivity index (χ1v) is 6.23. The van der Waals surface area contributed by atoms with Crippen molar-refractivity contribution in [3.63, 3.8) is 0 Å². The van der Waals surface area contributed by atoms with Crippen molar-refractivity contribution in [2.75, 3.05) is 0 Å². The number of hydrogen-bond acceptors (Lipinski definition) is 6. The Labute approximate surface area is 108 Å². The molecule has 1 saturated carbocycles. The third-order valence-corrected chi connectivity index (χ3v) is 3.30. The van der Waals surface area contributed by atoms with Gasteiger partial charge in [-0.1, -0.05) is 5.16 Å². The molecule has 0 unspecified atom stereocenters. The molecule has 0 radical (unpaired) electrons. The minimum Gasteiger partial charge on any atom is -0.334 e. The van der Waals surface area contributed by atoms with Crippen molar-refractivity contribution in [2.24, 2.45) is 5.73 Å². The van der Waals surface area contributed by atoms with E-state index in [4.69, 9.17) is 10.3 Å². The fraction of sp³-hybridized carbons (Fsp3) is 0.333. The van der Waals surface area contributed by atoms with Gasteiger partial charge in [-0.05, 0) is 25.0 Å². The molecular weight excluding hydrogens is 244 g/mol. The monoisotopic (exact) mass is 256 g/mol. The molecule has 3 aromatic heterocycles. The Bertz CT molecular complexity index is 742. The fourth-order valence-electron chi connectivity index (χ4n) is 2.12. The van der Waals surface area contributed by atoms with Crippen molar-refractivity contribution >= 4 is 5.65 Å². The van der Waals surface area contributed by atoms with E-state index in [1.807, 2.05) is 22.7 Å². The molecule has 0 atom stereocenters. The first-order chi connectivity index (χ1) is 9.36. The molecule has 4 rings (SSSR count). The van der Waals surface area contributed by atoms with Crippen LogP contribution in [0.2, 0.25) is 0 Å². The highest BCUT2D eigenvalue weighted by atomic mass is 16.5. The highest BCUT2D eigenvalue weighted by molar-refractivity contribution is 5.71. The average molecular weight is 256 g/mol. The van der Waals surface area contributed by atoms with Gasteiger partial charge in [0.05, 0.1) is 12.1 Å². The van der Waals surface area contributed by atoms with Gasteiger partial charge in [0, 0.05) is 12.1 Å². The van der Waals surface area contributed by atoms with Crippen LogP contribution in [0.5, 0.6) is 0 Å². The summed E-state index contributed by atoms with van der Waals surface area (Å²) in [4.78, 5) is 4.44. The van der Waals surface area contributed by atoms with Crippen molar-refractivity contribution in [1.82, 2.24) is 24.7 Å². The molecular formula is C12H12N6O. The topological polar surface area (TPSA) is 95.1 Å². The quantitative estimate of drug-likeness (QED) is 0.754. The number of hydrogen-bond donors (Lipinski definition) is 1. The highest BCUT2D eigenvalue weighted by Gasteiger charge is 2.29. The van der Waals surface area contributed by atoms with Crippen LogP contribution in [0.15, 0.2) is 22.9 Å². The van der Waals surface area contributed by atoms with Crippen LogP contribution in [0.1, 0.15) is 30.4 Å². The van der Waals surface area contributed by atoms with Gasteiger partial charge in [0.15, 0.2) is 17.3 Å². The predicted octanol–water partition coefficient (Wildman–Crippen LogP) is 1.12. The van der Waals surface area contributed by atoms with Crippen LogP contribution in [0.25, 0.3) is 17.1 Å². The largest absolute Gasteiger partial charge is 0.334 e. The lowest BCUT2D eigenvalue weighted by molar-refractivity contribution is 0.423. The van der Waals surface area contributed by atoms with Crippen LogP contribution in [0.4, 0.5) is 0 Å². The van der Waals surface area contributed by atoms with Crippen molar-refractivity contribution < 1.29 is 4.52 Å². The maximum atomic E-state index is 5.63. The minimum absolute atomic E-state index is 0.335. The Morgan fingerprint density at radius 2 is 2.26 bits per heavy atom. The molecule has 1 fully saturated rings. The Morgan fingerprint density at radius 3 is 3.05 bits per heavy atom. The average Bonchev–Trinajstić information content (AvgIpc) is 3.03. The second-order valence-corrected chi connectivity index (χ2v) is 4.67. The fourth-order valence-corrected chi connectivity index (χ4v) is 2.12. The summed E-state index contributed by atoms with van der Waals surface area (Å²) >= 11 is 0. The number of nitrogens with two attached hydrogens (primary N) is 1. The molecule has 0 amide bonds. The first kappa shape index (κ1) is 10.6. The zero-order chi connectivity index (χ0) is 12.8. The van der Waals surface area contributed by atoms with Crippen molar-refractivity contribution in [2.45, 2.75) is 25.3 Å². The molecule has 1 aliphatic rings. The Hall–Kier alpha value is -2.28. The van der Waals surface area contributed by atoms with Crippen LogP contribution in [-0.2, 0) is 6.54 Å². The van der Waals surface area contributed by atoms with E-state index in [0.717, 1.165) is 24.2 Å². The van der Waals surface area contributed by atoms with E-state index >= 15 is 0 Å². The van der Waals surface area contributed by atoms with Crippen LogP contribution < -0.4 is 5.73 Å². The Morgan fingerprint density at radius 1 is 1.37 bits per heavy atom. The van der Waals surface area contributed by atoms with E-state index in [-0.39, 0.29) is 0 Å². The Kier molecular flexibility index (Phi) is 2.16. The third kappa shape index (κ3) is 1.62. The van der Waals surface area contributed by atoms with E-state index < -0.39 is 0 Å². The lowest BCUT2D eigenvalue weighted by Gasteiger charge is -1.98. The first-order valence-electron chi connectivity index (χ1n) is 6.23. The summed E-state index contributed by atoms with van der Waals surface area (Å²) in [5, 5.41) is 12.2. The second kappa shape index (κ2) is 3.86. The lowest BCUT2D eigenvalue weighted by Crippen LogP contribution is -2.02. The van der Waals surface area contributed by atoms with Crippen LogP contribution in [-0.4, -0.2) is 24.7 Å². The third-order valence-electron chi connectivity index (χ3n) is 3.30. The number of aromatic nitrogens is 5. The van der Waals surface area contributed by atoms with Gasteiger partial charge in [0.25, 0.3) is 5.89 Å². The SMILES string of the molecule is NCc1nnc2c(-c3nc(C4CC4)no3)cccn12. The Balaban J connectivity index is 1.86. The molecule has 19 heavy (non-hydrogen) atoms. The summed E-state index contributed by atoms with van der Waals surface area (Å²) in [7, 11) is 0. The van der Waals surface area contributed by atoms with Gasteiger partial charge in [0.1, 0.15) is 0 Å². The number of pyridine rings is 1. The van der Waals surface area contributed by atoms with E-state index in [9.17, 15) is 0 Å². The number of nitrogens with zero attached hydrogens (tertiary/aromatic N) is 5. The van der Waals surface area contributed by atoms with Gasteiger partial charge < -0.3 is 10.3 Å². The summed E-state index contributed by atoms with van der Waals surface area (Å²) in [5.74, 6) is 2.45. The molecule has 0 spiro atoms. The minimum atomic E-state index is 0.335. The van der Waals surface area contributed by atoms with Gasteiger partial charge in [-0.15, -0.1) is 10.2 Å². The van der Waals surface area contributed by atoms with Gasteiger partial charge in [-0.25, -0.2) is 0 Å². The number of rotatable bonds is 3. The molecule has 0 aliphatic heterocycles. The standard InChI is InChI=1S/C12H12N6O/c13-6-9-15-16-11-8(2-1-5-18(9)11)12-14-10(17-19-12)7-3-4-7/h1-2,5,7H,3-4,6,13H2. The normalized spacial score (nSPS) is 15.2. The highest BCUT2D eigenvalue weighted by Crippen LogP contribution is 2.39. The maximum absolute atomic E-state index is 5.63. The summed E-state index contributed by atoms with van der Waals surface area (Å²) < 4.78 is 7.17. The summed E-state index contributed by atoms with van der Waals surface area (Å²) in [6.45, 7) is 0.335. The molecule has 96 valence electrons. The predicted molar refractivity (Wildman–Crippen MR) is 66.1 cm³/mol. The lowest BCUT2D eigenvalue weighted by atomic mass is 10.2. The molecule has 1 aliphatic carbocycles. The maximum Gasteiger partial charge on any atom is 0.261 e. The van der Waals surface area contributed by atoms with Gasteiger partial charge >= 0.3 is 0 Å². The molecule has 3 aromatic rings. The van der Waals surface area contributed by atoms with Crippen LogP contribution in [0, 0.1) is 0 Å². The van der Waals surface area contributed by atoms with Gasteiger partial charge in [-0.3, -0.25) is 4.40 Å². The molecule has 2 N–H and O–H groups in total. The zero-order valence-corrected chi connectivity index (χ0v) is 10.2. The number of fused-ring (bicyclic) bond motifs is 1. The summed E-state index contributed by atoms with van der Waals surface area (Å²) in [5.41, 5.74) is 7.10. The van der Waals surface area contributed by atoms with E-state index in [0.29, 0.717) is 29.8 Å². The van der Waals surface area contributed by atoms with Gasteiger partial charge in [0.2, 0.25) is 0 Å².